The normalized spacial score (nSPS) is 49.8. The molecule has 3 aliphatic rings. The summed E-state index contributed by atoms with van der Waals surface area (Å²) in [6, 6.07) is 0. The minimum atomic E-state index is 0.179. The molecule has 0 aromatic carbocycles. The molecule has 2 nitrogen and oxygen atoms in total. The highest BCUT2D eigenvalue weighted by molar-refractivity contribution is 5.39. The molecule has 0 heterocycles. The summed E-state index contributed by atoms with van der Waals surface area (Å²) in [5.74, 6) is 2.12. The van der Waals surface area contributed by atoms with Crippen molar-refractivity contribution in [2.45, 2.75) is 45.6 Å². The molecular weight excluding hydrogens is 200 g/mol. The zero-order valence-corrected chi connectivity index (χ0v) is 10.1. The maximum Gasteiger partial charge on any atom is 0.293 e. The van der Waals surface area contributed by atoms with E-state index in [4.69, 9.17) is 4.74 Å². The Hall–Kier alpha value is -0.790. The highest BCUT2D eigenvalue weighted by Gasteiger charge is 2.63. The van der Waals surface area contributed by atoms with Crippen LogP contribution in [-0.4, -0.2) is 12.6 Å². The van der Waals surface area contributed by atoms with E-state index >= 15 is 0 Å². The van der Waals surface area contributed by atoms with Gasteiger partial charge in [-0.3, -0.25) is 4.79 Å². The first-order chi connectivity index (χ1) is 7.69. The predicted molar refractivity (Wildman–Crippen MR) is 61.7 cm³/mol. The molecule has 0 N–H and O–H groups in total. The topological polar surface area (TPSA) is 26.3 Å². The van der Waals surface area contributed by atoms with Crippen molar-refractivity contribution in [1.29, 1.82) is 0 Å². The smallest absolute Gasteiger partial charge is 0.293 e. The van der Waals surface area contributed by atoms with Crippen molar-refractivity contribution in [3.8, 4) is 0 Å². The molecule has 2 bridgehead atoms. The number of hydrogen-bond acceptors (Lipinski definition) is 2. The van der Waals surface area contributed by atoms with Crippen molar-refractivity contribution in [1.82, 2.24) is 0 Å². The minimum absolute atomic E-state index is 0.179. The minimum Gasteiger partial charge on any atom is -0.464 e. The third-order valence-electron chi connectivity index (χ3n) is 5.49. The van der Waals surface area contributed by atoms with Crippen LogP contribution in [-0.2, 0) is 9.53 Å². The average molecular weight is 220 g/mol. The second kappa shape index (κ2) is 3.35. The van der Waals surface area contributed by atoms with Gasteiger partial charge in [-0.1, -0.05) is 18.6 Å². The Labute approximate surface area is 97.1 Å². The van der Waals surface area contributed by atoms with E-state index in [-0.39, 0.29) is 6.10 Å². The number of ether oxygens (including phenoxy) is 1. The predicted octanol–water partition coefficient (Wildman–Crippen LogP) is 2.93. The van der Waals surface area contributed by atoms with Crippen LogP contribution in [0.25, 0.3) is 0 Å². The fraction of sp³-hybridized carbons (Fsp3) is 0.786. The molecular formula is C14H20O2. The van der Waals surface area contributed by atoms with Crippen LogP contribution >= 0.6 is 0 Å². The van der Waals surface area contributed by atoms with Crippen molar-refractivity contribution in [3.05, 3.63) is 11.6 Å². The Morgan fingerprint density at radius 1 is 1.56 bits per heavy atom. The van der Waals surface area contributed by atoms with E-state index in [1.165, 1.54) is 24.8 Å². The van der Waals surface area contributed by atoms with E-state index in [0.29, 0.717) is 17.8 Å². The summed E-state index contributed by atoms with van der Waals surface area (Å²) in [5, 5.41) is 0. The first-order valence-corrected chi connectivity index (χ1v) is 6.44. The molecule has 5 unspecified atom stereocenters. The molecule has 3 aliphatic carbocycles. The second-order valence-electron chi connectivity index (χ2n) is 6.01. The highest BCUT2D eigenvalue weighted by atomic mass is 16.5. The van der Waals surface area contributed by atoms with Crippen molar-refractivity contribution in [2.75, 3.05) is 0 Å². The summed E-state index contributed by atoms with van der Waals surface area (Å²) in [7, 11) is 0. The molecule has 88 valence electrons. The maximum atomic E-state index is 10.7. The van der Waals surface area contributed by atoms with Crippen molar-refractivity contribution < 1.29 is 9.53 Å². The number of hydrogen-bond donors (Lipinski definition) is 0. The van der Waals surface area contributed by atoms with Gasteiger partial charge in [0, 0.05) is 5.41 Å². The van der Waals surface area contributed by atoms with Gasteiger partial charge in [-0.2, -0.15) is 0 Å². The van der Waals surface area contributed by atoms with E-state index in [1.54, 1.807) is 0 Å². The summed E-state index contributed by atoms with van der Waals surface area (Å²) in [6.07, 6.45) is 7.51. The van der Waals surface area contributed by atoms with Crippen LogP contribution in [0.3, 0.4) is 0 Å². The lowest BCUT2D eigenvalue weighted by Gasteiger charge is -2.40. The van der Waals surface area contributed by atoms with Crippen LogP contribution < -0.4 is 0 Å². The van der Waals surface area contributed by atoms with E-state index in [1.807, 2.05) is 0 Å². The largest absolute Gasteiger partial charge is 0.464 e. The van der Waals surface area contributed by atoms with E-state index in [9.17, 15) is 4.79 Å². The molecule has 0 radical (unpaired) electrons. The first kappa shape index (κ1) is 10.4. The Morgan fingerprint density at radius 3 is 3.12 bits per heavy atom. The van der Waals surface area contributed by atoms with Gasteiger partial charge in [0.2, 0.25) is 0 Å². The van der Waals surface area contributed by atoms with Crippen LogP contribution in [0.4, 0.5) is 0 Å². The molecule has 0 aliphatic heterocycles. The SMILES string of the molecule is CC1=CCC23CCC(C(C)C2OC=O)C3C1. The second-order valence-corrected chi connectivity index (χ2v) is 6.01. The van der Waals surface area contributed by atoms with Gasteiger partial charge in [-0.15, -0.1) is 0 Å². The van der Waals surface area contributed by atoms with Gasteiger partial charge < -0.3 is 4.74 Å². The molecule has 0 amide bonds. The van der Waals surface area contributed by atoms with Gasteiger partial charge >= 0.3 is 0 Å². The van der Waals surface area contributed by atoms with Crippen LogP contribution in [0.5, 0.6) is 0 Å². The zero-order valence-electron chi connectivity index (χ0n) is 10.1. The number of allylic oxidation sites excluding steroid dienone is 2. The molecule has 0 aromatic heterocycles. The Morgan fingerprint density at radius 2 is 2.38 bits per heavy atom. The third-order valence-corrected chi connectivity index (χ3v) is 5.49. The number of carbonyl (C=O) groups excluding carboxylic acids is 1. The van der Waals surface area contributed by atoms with Gasteiger partial charge in [-0.05, 0) is 50.4 Å². The van der Waals surface area contributed by atoms with E-state index in [2.05, 4.69) is 19.9 Å². The summed E-state index contributed by atoms with van der Waals surface area (Å²) in [6.45, 7) is 5.18. The van der Waals surface area contributed by atoms with Crippen molar-refractivity contribution in [2.24, 2.45) is 23.2 Å². The number of rotatable bonds is 2. The summed E-state index contributed by atoms with van der Waals surface area (Å²) >= 11 is 0. The molecule has 5 atom stereocenters. The summed E-state index contributed by atoms with van der Waals surface area (Å²) in [5.41, 5.74) is 1.83. The van der Waals surface area contributed by atoms with Gasteiger partial charge in [0.15, 0.2) is 0 Å². The maximum absolute atomic E-state index is 10.7. The highest BCUT2D eigenvalue weighted by Crippen LogP contribution is 2.66. The summed E-state index contributed by atoms with van der Waals surface area (Å²) < 4.78 is 5.43. The fourth-order valence-electron chi connectivity index (χ4n) is 4.82. The molecule has 3 rings (SSSR count). The molecule has 0 saturated heterocycles. The zero-order chi connectivity index (χ0) is 11.3. The van der Waals surface area contributed by atoms with Crippen molar-refractivity contribution in [3.63, 3.8) is 0 Å². The summed E-state index contributed by atoms with van der Waals surface area (Å²) in [4.78, 5) is 10.7. The third kappa shape index (κ3) is 1.11. The lowest BCUT2D eigenvalue weighted by molar-refractivity contribution is -0.144. The Bertz CT molecular complexity index is 347. The Balaban J connectivity index is 1.97. The van der Waals surface area contributed by atoms with Crippen LogP contribution in [0.15, 0.2) is 11.6 Å². The molecule has 0 aromatic rings. The van der Waals surface area contributed by atoms with Crippen molar-refractivity contribution >= 4 is 6.47 Å². The molecule has 2 heteroatoms. The average Bonchev–Trinajstić information content (AvgIpc) is 2.73. The lowest BCUT2D eigenvalue weighted by Crippen LogP contribution is -2.39. The lowest BCUT2D eigenvalue weighted by atomic mass is 9.68. The van der Waals surface area contributed by atoms with Gasteiger partial charge in [0.1, 0.15) is 6.10 Å². The quantitative estimate of drug-likeness (QED) is 0.528. The monoisotopic (exact) mass is 220 g/mol. The molecule has 2 saturated carbocycles. The fourth-order valence-corrected chi connectivity index (χ4v) is 4.82. The van der Waals surface area contributed by atoms with Crippen LogP contribution in [0.2, 0.25) is 0 Å². The van der Waals surface area contributed by atoms with E-state index in [0.717, 1.165) is 18.3 Å². The van der Waals surface area contributed by atoms with Crippen LogP contribution in [0, 0.1) is 23.2 Å². The standard InChI is InChI=1S/C14H20O2/c1-9-3-5-14-6-4-11(12(14)7-9)10(2)13(14)16-8-15/h3,8,10-13H,4-7H2,1-2H3. The van der Waals surface area contributed by atoms with Gasteiger partial charge in [-0.25, -0.2) is 0 Å². The van der Waals surface area contributed by atoms with Gasteiger partial charge in [0.25, 0.3) is 6.47 Å². The van der Waals surface area contributed by atoms with Gasteiger partial charge in [0.05, 0.1) is 0 Å². The molecule has 2 fully saturated rings. The van der Waals surface area contributed by atoms with Crippen LogP contribution in [0.1, 0.15) is 39.5 Å². The van der Waals surface area contributed by atoms with E-state index < -0.39 is 0 Å². The first-order valence-electron chi connectivity index (χ1n) is 6.44. The number of carbonyl (C=O) groups is 1. The Kier molecular flexibility index (Phi) is 2.17. The molecule has 0 spiro atoms. The molecule has 16 heavy (non-hydrogen) atoms.